The highest BCUT2D eigenvalue weighted by Gasteiger charge is 2.11. The summed E-state index contributed by atoms with van der Waals surface area (Å²) >= 11 is 0. The average molecular weight is 195 g/mol. The molecule has 0 aromatic carbocycles. The predicted octanol–water partition coefficient (Wildman–Crippen LogP) is -0.938. The van der Waals surface area contributed by atoms with E-state index >= 15 is 0 Å². The first-order chi connectivity index (χ1) is 5.52. The number of amidine groups is 1. The molecule has 72 valence electrons. The molecule has 6 nitrogen and oxygen atoms in total. The van der Waals surface area contributed by atoms with E-state index in [2.05, 4.69) is 9.88 Å². The molecule has 0 rings (SSSR count). The van der Waals surface area contributed by atoms with Crippen LogP contribution in [0.3, 0.4) is 0 Å². The van der Waals surface area contributed by atoms with Crippen LogP contribution in [0.15, 0.2) is 5.16 Å². The maximum absolute atomic E-state index is 11.0. The first-order valence-corrected chi connectivity index (χ1v) is 5.10. The summed E-state index contributed by atoms with van der Waals surface area (Å²) < 4.78 is 24.2. The minimum absolute atomic E-state index is 0.321. The monoisotopic (exact) mass is 195 g/mol. The number of hydrogen-bond acceptors (Lipinski definition) is 4. The molecule has 0 aromatic rings. The van der Waals surface area contributed by atoms with Gasteiger partial charge in [0, 0.05) is 6.54 Å². The van der Waals surface area contributed by atoms with Crippen molar-refractivity contribution in [2.45, 2.75) is 13.3 Å². The number of nitrogens with zero attached hydrogens (tertiary/aromatic N) is 1. The first-order valence-electron chi connectivity index (χ1n) is 3.45. The summed E-state index contributed by atoms with van der Waals surface area (Å²) in [4.78, 5) is 0. The van der Waals surface area contributed by atoms with E-state index in [1.807, 2.05) is 6.92 Å². The summed E-state index contributed by atoms with van der Waals surface area (Å²) in [6.07, 6.45) is 0.704. The van der Waals surface area contributed by atoms with Crippen molar-refractivity contribution in [3.8, 4) is 0 Å². The minimum Gasteiger partial charge on any atom is -0.409 e. The van der Waals surface area contributed by atoms with E-state index in [0.29, 0.717) is 13.0 Å². The van der Waals surface area contributed by atoms with Gasteiger partial charge in [-0.15, -0.1) is 0 Å². The Labute approximate surface area is 71.5 Å². The smallest absolute Gasteiger partial charge is 0.218 e. The zero-order valence-corrected chi connectivity index (χ0v) is 7.63. The van der Waals surface area contributed by atoms with Gasteiger partial charge in [0.1, 0.15) is 5.75 Å². The summed E-state index contributed by atoms with van der Waals surface area (Å²) in [6, 6.07) is 0. The van der Waals surface area contributed by atoms with Crippen LogP contribution < -0.4 is 10.5 Å². The molecule has 0 bridgehead atoms. The van der Waals surface area contributed by atoms with E-state index in [1.165, 1.54) is 0 Å². The molecule has 0 saturated carbocycles. The molecular formula is C5H13N3O3S. The van der Waals surface area contributed by atoms with Crippen LogP contribution in [0.25, 0.3) is 0 Å². The Bertz CT molecular complexity index is 247. The minimum atomic E-state index is -3.42. The second-order valence-corrected chi connectivity index (χ2v) is 4.05. The van der Waals surface area contributed by atoms with Gasteiger partial charge < -0.3 is 10.9 Å². The van der Waals surface area contributed by atoms with E-state index < -0.39 is 15.8 Å². The Balaban J connectivity index is 4.06. The molecule has 4 N–H and O–H groups in total. The summed E-state index contributed by atoms with van der Waals surface area (Å²) in [7, 11) is -3.42. The zero-order valence-electron chi connectivity index (χ0n) is 6.82. The third kappa shape index (κ3) is 4.91. The molecule has 0 aromatic heterocycles. The van der Waals surface area contributed by atoms with Gasteiger partial charge in [-0.05, 0) is 6.42 Å². The lowest BCUT2D eigenvalue weighted by atomic mass is 10.5. The number of rotatable bonds is 5. The predicted molar refractivity (Wildman–Crippen MR) is 45.5 cm³/mol. The summed E-state index contributed by atoms with van der Waals surface area (Å²) in [5, 5.41) is 10.7. The van der Waals surface area contributed by atoms with Gasteiger partial charge in [-0.3, -0.25) is 0 Å². The summed E-state index contributed by atoms with van der Waals surface area (Å²) in [5.41, 5.74) is 5.01. The van der Waals surface area contributed by atoms with Gasteiger partial charge in [0.25, 0.3) is 0 Å². The number of hydrogen-bond donors (Lipinski definition) is 3. The fourth-order valence-electron chi connectivity index (χ4n) is 0.532. The fraction of sp³-hybridized carbons (Fsp3) is 0.800. The second kappa shape index (κ2) is 4.94. The Morgan fingerprint density at radius 2 is 2.25 bits per heavy atom. The molecule has 7 heteroatoms. The number of sulfonamides is 1. The van der Waals surface area contributed by atoms with Gasteiger partial charge >= 0.3 is 0 Å². The van der Waals surface area contributed by atoms with Crippen molar-refractivity contribution in [2.75, 3.05) is 12.3 Å². The molecular weight excluding hydrogens is 182 g/mol. The normalized spacial score (nSPS) is 13.2. The Morgan fingerprint density at radius 3 is 2.67 bits per heavy atom. The highest BCUT2D eigenvalue weighted by Crippen LogP contribution is 1.84. The Morgan fingerprint density at radius 1 is 1.67 bits per heavy atom. The maximum Gasteiger partial charge on any atom is 0.218 e. The van der Waals surface area contributed by atoms with Crippen LogP contribution in [0, 0.1) is 0 Å². The number of nitrogens with two attached hydrogens (primary N) is 1. The molecule has 0 unspecified atom stereocenters. The van der Waals surface area contributed by atoms with Crippen molar-refractivity contribution in [3.63, 3.8) is 0 Å². The van der Waals surface area contributed by atoms with Crippen molar-refractivity contribution in [1.29, 1.82) is 0 Å². The van der Waals surface area contributed by atoms with Crippen LogP contribution >= 0.6 is 0 Å². The van der Waals surface area contributed by atoms with Crippen molar-refractivity contribution in [1.82, 2.24) is 4.72 Å². The molecule has 0 amide bonds. The van der Waals surface area contributed by atoms with Crippen LogP contribution in [0.1, 0.15) is 13.3 Å². The topological polar surface area (TPSA) is 105 Å². The van der Waals surface area contributed by atoms with Gasteiger partial charge in [-0.2, -0.15) is 0 Å². The lowest BCUT2D eigenvalue weighted by molar-refractivity contribution is 0.318. The van der Waals surface area contributed by atoms with Crippen molar-refractivity contribution >= 4 is 15.9 Å². The van der Waals surface area contributed by atoms with E-state index in [1.54, 1.807) is 0 Å². The van der Waals surface area contributed by atoms with Crippen LogP contribution in [0.2, 0.25) is 0 Å². The SMILES string of the molecule is CCCNS(=O)(=O)CC(N)=NO. The van der Waals surface area contributed by atoms with Crippen LogP contribution in [-0.2, 0) is 10.0 Å². The maximum atomic E-state index is 11.0. The quantitative estimate of drug-likeness (QED) is 0.228. The molecule has 0 aliphatic carbocycles. The molecule has 0 aliphatic heterocycles. The van der Waals surface area contributed by atoms with Gasteiger partial charge in [0.2, 0.25) is 10.0 Å². The molecule has 0 heterocycles. The molecule has 12 heavy (non-hydrogen) atoms. The summed E-state index contributed by atoms with van der Waals surface area (Å²) in [5.74, 6) is -0.789. The zero-order chi connectivity index (χ0) is 9.61. The Hall–Kier alpha value is -0.820. The highest BCUT2D eigenvalue weighted by molar-refractivity contribution is 7.90. The first kappa shape index (κ1) is 11.2. The van der Waals surface area contributed by atoms with Gasteiger partial charge in [0.15, 0.2) is 5.84 Å². The lowest BCUT2D eigenvalue weighted by Gasteiger charge is -2.02. The molecule has 0 aliphatic rings. The average Bonchev–Trinajstić information content (AvgIpc) is 2.00. The van der Waals surface area contributed by atoms with Crippen LogP contribution in [-0.4, -0.2) is 31.8 Å². The highest BCUT2D eigenvalue weighted by atomic mass is 32.2. The largest absolute Gasteiger partial charge is 0.409 e. The van der Waals surface area contributed by atoms with Crippen LogP contribution in [0.5, 0.6) is 0 Å². The van der Waals surface area contributed by atoms with Crippen molar-refractivity contribution in [2.24, 2.45) is 10.9 Å². The summed E-state index contributed by atoms with van der Waals surface area (Å²) in [6.45, 7) is 2.20. The lowest BCUT2D eigenvalue weighted by Crippen LogP contribution is -2.33. The Kier molecular flexibility index (Phi) is 4.60. The number of oxime groups is 1. The molecule has 0 atom stereocenters. The van der Waals surface area contributed by atoms with Crippen molar-refractivity contribution < 1.29 is 13.6 Å². The molecule has 0 radical (unpaired) electrons. The second-order valence-electron chi connectivity index (χ2n) is 2.24. The molecule has 0 saturated heterocycles. The molecule has 0 fully saturated rings. The van der Waals surface area contributed by atoms with E-state index in [0.717, 1.165) is 0 Å². The number of nitrogens with one attached hydrogen (secondary N) is 1. The van der Waals surface area contributed by atoms with E-state index in [-0.39, 0.29) is 5.84 Å². The third-order valence-electron chi connectivity index (χ3n) is 1.04. The third-order valence-corrected chi connectivity index (χ3v) is 2.36. The fourth-order valence-corrected chi connectivity index (χ4v) is 1.60. The van der Waals surface area contributed by atoms with Crippen LogP contribution in [0.4, 0.5) is 0 Å². The van der Waals surface area contributed by atoms with E-state index in [4.69, 9.17) is 10.9 Å². The van der Waals surface area contributed by atoms with Gasteiger partial charge in [-0.25, -0.2) is 13.1 Å². The van der Waals surface area contributed by atoms with Gasteiger partial charge in [0.05, 0.1) is 0 Å². The van der Waals surface area contributed by atoms with Crippen molar-refractivity contribution in [3.05, 3.63) is 0 Å². The standard InChI is InChI=1S/C5H13N3O3S/c1-2-3-7-12(10,11)4-5(6)8-9/h7,9H,2-4H2,1H3,(H2,6,8). The van der Waals surface area contributed by atoms with Gasteiger partial charge in [-0.1, -0.05) is 12.1 Å². The molecule has 0 spiro atoms. The van der Waals surface area contributed by atoms with E-state index in [9.17, 15) is 8.42 Å².